The Hall–Kier alpha value is -4.15. The molecule has 0 saturated carbocycles. The number of nitrogen functional groups attached to an aromatic ring is 1. The lowest BCUT2D eigenvalue weighted by Gasteiger charge is -2.27. The van der Waals surface area contributed by atoms with Crippen molar-refractivity contribution >= 4 is 39.9 Å². The Balaban J connectivity index is 1.81. The van der Waals surface area contributed by atoms with Gasteiger partial charge in [-0.15, -0.1) is 0 Å². The van der Waals surface area contributed by atoms with Crippen LogP contribution in [0.4, 0.5) is 24.7 Å². The number of alkyl halides is 3. The van der Waals surface area contributed by atoms with Crippen molar-refractivity contribution < 1.29 is 22.8 Å². The molecule has 3 N–H and O–H groups in total. The molecule has 4 rings (SSSR count). The summed E-state index contributed by atoms with van der Waals surface area (Å²) < 4.78 is 40.4. The van der Waals surface area contributed by atoms with Gasteiger partial charge in [0, 0.05) is 31.4 Å². The van der Waals surface area contributed by atoms with Crippen LogP contribution in [0.15, 0.2) is 49.3 Å². The summed E-state index contributed by atoms with van der Waals surface area (Å²) in [5.41, 5.74) is 10.3. The van der Waals surface area contributed by atoms with Gasteiger partial charge in [-0.05, 0) is 35.8 Å². The molecule has 176 valence electrons. The van der Waals surface area contributed by atoms with Crippen molar-refractivity contribution in [3.8, 4) is 11.3 Å². The second-order valence-corrected chi connectivity index (χ2v) is 7.74. The van der Waals surface area contributed by atoms with E-state index in [-0.39, 0.29) is 31.2 Å². The van der Waals surface area contributed by atoms with Crippen LogP contribution in [0.5, 0.6) is 0 Å². The summed E-state index contributed by atoms with van der Waals surface area (Å²) in [6.07, 6.45) is -0.596. The predicted octanol–water partition coefficient (Wildman–Crippen LogP) is 3.52. The Morgan fingerprint density at radius 3 is 2.50 bits per heavy atom. The van der Waals surface area contributed by atoms with Gasteiger partial charge in [-0.3, -0.25) is 9.59 Å². The Morgan fingerprint density at radius 2 is 1.91 bits per heavy atom. The van der Waals surface area contributed by atoms with Gasteiger partial charge >= 0.3 is 12.1 Å². The van der Waals surface area contributed by atoms with Crippen LogP contribution in [0, 0.1) is 0 Å². The van der Waals surface area contributed by atoms with E-state index < -0.39 is 12.1 Å². The van der Waals surface area contributed by atoms with Gasteiger partial charge in [0.2, 0.25) is 5.91 Å². The smallest absolute Gasteiger partial charge is 0.383 e. The van der Waals surface area contributed by atoms with Gasteiger partial charge in [0.1, 0.15) is 17.8 Å². The highest BCUT2D eigenvalue weighted by Gasteiger charge is 2.42. The molecule has 0 bridgehead atoms. The van der Waals surface area contributed by atoms with Crippen LogP contribution in [0.3, 0.4) is 0 Å². The summed E-state index contributed by atoms with van der Waals surface area (Å²) in [5.74, 6) is -1.96. The molecule has 0 fully saturated rings. The van der Waals surface area contributed by atoms with Crippen LogP contribution in [0.25, 0.3) is 27.9 Å². The fraction of sp³-hybridized carbons (Fsp3) is 0.217. The molecule has 0 atom stereocenters. The number of nitrogens with two attached hydrogens (primary N) is 1. The van der Waals surface area contributed by atoms with Gasteiger partial charge in [-0.2, -0.15) is 13.2 Å². The van der Waals surface area contributed by atoms with E-state index in [0.29, 0.717) is 22.3 Å². The normalized spacial score (nSPS) is 14.1. The van der Waals surface area contributed by atoms with Crippen molar-refractivity contribution in [3.05, 3.63) is 54.9 Å². The Kier molecular flexibility index (Phi) is 5.86. The number of benzene rings is 1. The molecule has 8 nitrogen and oxygen atoms in total. The summed E-state index contributed by atoms with van der Waals surface area (Å²) in [6.45, 7) is 3.17. The topological polar surface area (TPSA) is 106 Å². The average molecular weight is 470 g/mol. The monoisotopic (exact) mass is 470 g/mol. The zero-order valence-corrected chi connectivity index (χ0v) is 18.2. The minimum atomic E-state index is -4.92. The summed E-state index contributed by atoms with van der Waals surface area (Å²) in [4.78, 5) is 32.4. The third-order valence-corrected chi connectivity index (χ3v) is 5.67. The number of fused-ring (bicyclic) bond motifs is 1. The maximum absolute atomic E-state index is 12.9. The SMILES string of the molecule is C=CC(=O)Nc1ccc(-c2c(C3=CCN(C(=O)C(F)(F)F)CC3)c3c(N)ncnc3n2C)cc1. The van der Waals surface area contributed by atoms with Crippen LogP contribution in [0.2, 0.25) is 0 Å². The number of hydrogen-bond donors (Lipinski definition) is 2. The summed E-state index contributed by atoms with van der Waals surface area (Å²) >= 11 is 0. The second kappa shape index (κ2) is 8.65. The molecular formula is C23H21F3N6O2. The summed E-state index contributed by atoms with van der Waals surface area (Å²) in [6, 6.07) is 7.07. The molecule has 1 aromatic carbocycles. The fourth-order valence-electron chi connectivity index (χ4n) is 4.09. The van der Waals surface area contributed by atoms with Gasteiger partial charge < -0.3 is 20.5 Å². The van der Waals surface area contributed by atoms with E-state index in [0.717, 1.165) is 21.7 Å². The molecule has 1 aliphatic rings. The van der Waals surface area contributed by atoms with Crippen molar-refractivity contribution in [2.45, 2.75) is 12.6 Å². The lowest BCUT2D eigenvalue weighted by molar-refractivity contribution is -0.185. The summed E-state index contributed by atoms with van der Waals surface area (Å²) in [7, 11) is 1.81. The number of anilines is 2. The standard InChI is InChI=1S/C23H21F3N6O2/c1-3-16(33)30-15-6-4-14(5-7-15)19-17(18-20(27)28-12-29-21(18)31(19)2)13-8-10-32(11-9-13)22(34)23(24,25)26/h3-8,12H,1,9-11H2,2H3,(H,30,33)(H2,27,28,29). The highest BCUT2D eigenvalue weighted by Crippen LogP contribution is 2.41. The van der Waals surface area contributed by atoms with Crippen molar-refractivity contribution in [2.24, 2.45) is 7.05 Å². The van der Waals surface area contributed by atoms with Crippen molar-refractivity contribution in [3.63, 3.8) is 0 Å². The molecule has 1 aliphatic heterocycles. The number of aromatic nitrogens is 3. The molecule has 2 amide bonds. The second-order valence-electron chi connectivity index (χ2n) is 7.74. The predicted molar refractivity (Wildman–Crippen MR) is 122 cm³/mol. The highest BCUT2D eigenvalue weighted by atomic mass is 19.4. The third kappa shape index (κ3) is 4.12. The molecular weight excluding hydrogens is 449 g/mol. The van der Waals surface area contributed by atoms with Crippen LogP contribution in [-0.2, 0) is 16.6 Å². The largest absolute Gasteiger partial charge is 0.471 e. The number of carbonyl (C=O) groups is 2. The van der Waals surface area contributed by atoms with Gasteiger partial charge in [0.25, 0.3) is 0 Å². The Labute approximate surface area is 192 Å². The highest BCUT2D eigenvalue weighted by molar-refractivity contribution is 6.04. The molecule has 11 heteroatoms. The van der Waals surface area contributed by atoms with Gasteiger partial charge in [-0.1, -0.05) is 24.8 Å². The van der Waals surface area contributed by atoms with E-state index in [1.165, 1.54) is 12.4 Å². The van der Waals surface area contributed by atoms with E-state index in [1.54, 1.807) is 18.2 Å². The van der Waals surface area contributed by atoms with Gasteiger partial charge in [-0.25, -0.2) is 9.97 Å². The zero-order chi connectivity index (χ0) is 24.6. The average Bonchev–Trinajstić information content (AvgIpc) is 3.12. The van der Waals surface area contributed by atoms with E-state index in [1.807, 2.05) is 23.7 Å². The van der Waals surface area contributed by atoms with E-state index >= 15 is 0 Å². The molecule has 34 heavy (non-hydrogen) atoms. The molecule has 0 radical (unpaired) electrons. The number of amides is 2. The minimum Gasteiger partial charge on any atom is -0.383 e. The first kappa shape index (κ1) is 23.0. The van der Waals surface area contributed by atoms with Crippen molar-refractivity contribution in [1.82, 2.24) is 19.4 Å². The Morgan fingerprint density at radius 1 is 1.21 bits per heavy atom. The lowest BCUT2D eigenvalue weighted by atomic mass is 9.94. The molecule has 0 unspecified atom stereocenters. The molecule has 2 aromatic heterocycles. The van der Waals surface area contributed by atoms with E-state index in [9.17, 15) is 22.8 Å². The number of carbonyl (C=O) groups excluding carboxylic acids is 2. The number of rotatable bonds is 4. The van der Waals surface area contributed by atoms with Crippen LogP contribution >= 0.6 is 0 Å². The summed E-state index contributed by atoms with van der Waals surface area (Å²) in [5, 5.41) is 3.27. The third-order valence-electron chi connectivity index (χ3n) is 5.67. The lowest BCUT2D eigenvalue weighted by Crippen LogP contribution is -2.43. The van der Waals surface area contributed by atoms with Crippen LogP contribution in [-0.4, -0.2) is 50.5 Å². The fourth-order valence-corrected chi connectivity index (χ4v) is 4.09. The molecule has 0 saturated heterocycles. The van der Waals surface area contributed by atoms with Crippen LogP contribution in [0.1, 0.15) is 12.0 Å². The number of halogens is 3. The number of aryl methyl sites for hydroxylation is 1. The maximum Gasteiger partial charge on any atom is 0.471 e. The first-order valence-electron chi connectivity index (χ1n) is 10.3. The van der Waals surface area contributed by atoms with Crippen molar-refractivity contribution in [2.75, 3.05) is 24.1 Å². The first-order valence-corrected chi connectivity index (χ1v) is 10.3. The first-order chi connectivity index (χ1) is 16.1. The zero-order valence-electron chi connectivity index (χ0n) is 18.2. The Bertz CT molecular complexity index is 1330. The molecule has 3 heterocycles. The quantitative estimate of drug-likeness (QED) is 0.568. The van der Waals surface area contributed by atoms with Crippen LogP contribution < -0.4 is 11.1 Å². The minimum absolute atomic E-state index is 0.0832. The maximum atomic E-state index is 12.9. The molecule has 3 aromatic rings. The van der Waals surface area contributed by atoms with E-state index in [4.69, 9.17) is 5.73 Å². The number of nitrogens with zero attached hydrogens (tertiary/aromatic N) is 4. The van der Waals surface area contributed by atoms with Crippen molar-refractivity contribution in [1.29, 1.82) is 0 Å². The number of hydrogen-bond acceptors (Lipinski definition) is 5. The van der Waals surface area contributed by atoms with Gasteiger partial charge in [0.15, 0.2) is 0 Å². The molecule has 0 aliphatic carbocycles. The van der Waals surface area contributed by atoms with E-state index in [2.05, 4.69) is 21.9 Å². The van der Waals surface area contributed by atoms with Gasteiger partial charge in [0.05, 0.1) is 11.1 Å². The molecule has 0 spiro atoms. The number of nitrogens with one attached hydrogen (secondary N) is 1.